The van der Waals surface area contributed by atoms with E-state index >= 15 is 0 Å². The van der Waals surface area contributed by atoms with Crippen molar-refractivity contribution in [2.45, 2.75) is 20.3 Å². The van der Waals surface area contributed by atoms with Gasteiger partial charge in [-0.25, -0.2) is 4.98 Å². The van der Waals surface area contributed by atoms with Crippen LogP contribution in [0.5, 0.6) is 0 Å². The molecule has 0 saturated carbocycles. The fourth-order valence-corrected chi connectivity index (χ4v) is 2.60. The van der Waals surface area contributed by atoms with Gasteiger partial charge in [0.15, 0.2) is 0 Å². The molecule has 1 saturated heterocycles. The maximum Gasteiger partial charge on any atom is 0.332 e. The highest BCUT2D eigenvalue weighted by atomic mass is 35.5. The van der Waals surface area contributed by atoms with Gasteiger partial charge in [-0.15, -0.1) is 0 Å². The molecule has 2 rings (SSSR count). The van der Waals surface area contributed by atoms with Crippen molar-refractivity contribution in [2.75, 3.05) is 31.1 Å². The summed E-state index contributed by atoms with van der Waals surface area (Å²) in [5.74, 6) is 0.228. The maximum atomic E-state index is 11.4. The minimum absolute atomic E-state index is 0.00301. The third kappa shape index (κ3) is 3.38. The van der Waals surface area contributed by atoms with Crippen LogP contribution in [0.4, 0.5) is 11.5 Å². The largest absolute Gasteiger partial charge is 0.349 e. The minimum Gasteiger partial charge on any atom is -0.349 e. The lowest BCUT2D eigenvalue weighted by atomic mass is 10.3. The number of hydrogen-bond donors (Lipinski definition) is 0. The van der Waals surface area contributed by atoms with Crippen LogP contribution in [0.25, 0.3) is 0 Å². The molecule has 2 heterocycles. The number of amides is 1. The molecule has 8 nitrogen and oxygen atoms in total. The van der Waals surface area contributed by atoms with Crippen LogP contribution in [0, 0.1) is 17.0 Å². The normalized spacial score (nSPS) is 15.8. The van der Waals surface area contributed by atoms with E-state index in [9.17, 15) is 14.9 Å². The molecule has 0 aliphatic carbocycles. The topological polar surface area (TPSA) is 92.5 Å². The third-order valence-corrected chi connectivity index (χ3v) is 3.60. The summed E-state index contributed by atoms with van der Waals surface area (Å²) in [6.45, 7) is 5.26. The maximum absolute atomic E-state index is 11.4. The molecule has 9 heteroatoms. The number of hydrogen-bond acceptors (Lipinski definition) is 6. The predicted octanol–water partition coefficient (Wildman–Crippen LogP) is 1.41. The summed E-state index contributed by atoms with van der Waals surface area (Å²) >= 11 is 5.83. The van der Waals surface area contributed by atoms with Crippen LogP contribution in [-0.2, 0) is 4.79 Å². The molecular weight excluding hydrogens is 298 g/mol. The molecule has 0 atom stereocenters. The van der Waals surface area contributed by atoms with Crippen molar-refractivity contribution in [3.05, 3.63) is 21.1 Å². The molecule has 0 unspecified atom stereocenters. The van der Waals surface area contributed by atoms with Gasteiger partial charge in [-0.2, -0.15) is 4.98 Å². The molecule has 1 fully saturated rings. The molecule has 1 aliphatic rings. The lowest BCUT2D eigenvalue weighted by molar-refractivity contribution is -0.385. The van der Waals surface area contributed by atoms with Gasteiger partial charge in [0.05, 0.1) is 4.92 Å². The van der Waals surface area contributed by atoms with Crippen LogP contribution in [-0.4, -0.2) is 51.9 Å². The van der Waals surface area contributed by atoms with Crippen LogP contribution in [0.15, 0.2) is 0 Å². The van der Waals surface area contributed by atoms with Gasteiger partial charge in [-0.3, -0.25) is 14.9 Å². The highest BCUT2D eigenvalue weighted by Gasteiger charge is 2.27. The monoisotopic (exact) mass is 313 g/mol. The molecule has 1 amide bonds. The second-order valence-corrected chi connectivity index (χ2v) is 5.19. The molecule has 1 aliphatic heterocycles. The standard InChI is InChI=1S/C12H16ClN5O3/c1-8-10(18(20)21)11(15-12(13)14-8)17-5-3-4-16(6-7-17)9(2)19/h3-7H2,1-2H3. The number of halogens is 1. The number of nitrogens with zero attached hydrogens (tertiary/aromatic N) is 5. The van der Waals surface area contributed by atoms with Crippen LogP contribution in [0.1, 0.15) is 19.0 Å². The van der Waals surface area contributed by atoms with Crippen molar-refractivity contribution in [1.29, 1.82) is 0 Å². The Morgan fingerprint density at radius 2 is 2.00 bits per heavy atom. The van der Waals surface area contributed by atoms with E-state index in [1.54, 1.807) is 9.80 Å². The predicted molar refractivity (Wildman–Crippen MR) is 77.5 cm³/mol. The van der Waals surface area contributed by atoms with E-state index in [2.05, 4.69) is 9.97 Å². The van der Waals surface area contributed by atoms with Gasteiger partial charge in [0, 0.05) is 33.1 Å². The number of aryl methyl sites for hydroxylation is 1. The molecule has 21 heavy (non-hydrogen) atoms. The molecule has 0 N–H and O–H groups in total. The quantitative estimate of drug-likeness (QED) is 0.465. The van der Waals surface area contributed by atoms with Gasteiger partial charge in [-0.05, 0) is 24.9 Å². The summed E-state index contributed by atoms with van der Waals surface area (Å²) in [6, 6.07) is 0. The third-order valence-electron chi connectivity index (χ3n) is 3.44. The Labute approximate surface area is 126 Å². The first kappa shape index (κ1) is 15.4. The summed E-state index contributed by atoms with van der Waals surface area (Å²) in [5, 5.41) is 11.2. The number of carbonyl (C=O) groups excluding carboxylic acids is 1. The molecular formula is C12H16ClN5O3. The average molecular weight is 314 g/mol. The minimum atomic E-state index is -0.491. The van der Waals surface area contributed by atoms with Crippen LogP contribution < -0.4 is 4.90 Å². The second-order valence-electron chi connectivity index (χ2n) is 4.85. The van der Waals surface area contributed by atoms with E-state index in [1.807, 2.05) is 0 Å². The van der Waals surface area contributed by atoms with Gasteiger partial charge in [0.25, 0.3) is 0 Å². The highest BCUT2D eigenvalue weighted by Crippen LogP contribution is 2.30. The summed E-state index contributed by atoms with van der Waals surface area (Å²) < 4.78 is 0. The summed E-state index contributed by atoms with van der Waals surface area (Å²) in [4.78, 5) is 33.6. The van der Waals surface area contributed by atoms with Gasteiger partial charge in [-0.1, -0.05) is 0 Å². The van der Waals surface area contributed by atoms with Gasteiger partial charge in [0.1, 0.15) is 5.69 Å². The van der Waals surface area contributed by atoms with E-state index in [-0.39, 0.29) is 28.4 Å². The van der Waals surface area contributed by atoms with Gasteiger partial charge in [0.2, 0.25) is 17.0 Å². The van der Waals surface area contributed by atoms with Gasteiger partial charge < -0.3 is 9.80 Å². The zero-order chi connectivity index (χ0) is 15.6. The van der Waals surface area contributed by atoms with Gasteiger partial charge >= 0.3 is 5.69 Å². The Morgan fingerprint density at radius 3 is 2.62 bits per heavy atom. The van der Waals surface area contributed by atoms with E-state index in [0.717, 1.165) is 6.42 Å². The molecule has 0 aromatic carbocycles. The van der Waals surface area contributed by atoms with Crippen molar-refractivity contribution in [2.24, 2.45) is 0 Å². The van der Waals surface area contributed by atoms with Crippen LogP contribution >= 0.6 is 11.6 Å². The Hall–Kier alpha value is -1.96. The number of aromatic nitrogens is 2. The Kier molecular flexibility index (Phi) is 4.56. The number of carbonyl (C=O) groups is 1. The zero-order valence-electron chi connectivity index (χ0n) is 11.9. The molecule has 0 radical (unpaired) electrons. The van der Waals surface area contributed by atoms with E-state index < -0.39 is 4.92 Å². The molecule has 0 spiro atoms. The van der Waals surface area contributed by atoms with E-state index in [1.165, 1.54) is 13.8 Å². The van der Waals surface area contributed by atoms with Crippen molar-refractivity contribution >= 4 is 29.0 Å². The first-order chi connectivity index (χ1) is 9.90. The summed E-state index contributed by atoms with van der Waals surface area (Å²) in [5.41, 5.74) is 0.110. The second kappa shape index (κ2) is 6.21. The van der Waals surface area contributed by atoms with Crippen LogP contribution in [0.2, 0.25) is 5.28 Å². The Balaban J connectivity index is 2.33. The van der Waals surface area contributed by atoms with Crippen molar-refractivity contribution in [1.82, 2.24) is 14.9 Å². The van der Waals surface area contributed by atoms with Crippen LogP contribution in [0.3, 0.4) is 0 Å². The first-order valence-corrected chi connectivity index (χ1v) is 6.97. The number of nitro groups is 1. The first-order valence-electron chi connectivity index (χ1n) is 6.59. The number of rotatable bonds is 2. The number of anilines is 1. The van der Waals surface area contributed by atoms with Crippen molar-refractivity contribution < 1.29 is 9.72 Å². The average Bonchev–Trinajstić information content (AvgIpc) is 2.62. The van der Waals surface area contributed by atoms with E-state index in [0.29, 0.717) is 26.2 Å². The highest BCUT2D eigenvalue weighted by molar-refractivity contribution is 6.28. The zero-order valence-corrected chi connectivity index (χ0v) is 12.6. The summed E-state index contributed by atoms with van der Waals surface area (Å²) in [7, 11) is 0. The molecule has 1 aromatic heterocycles. The molecule has 1 aromatic rings. The summed E-state index contributed by atoms with van der Waals surface area (Å²) in [6.07, 6.45) is 0.720. The lowest BCUT2D eigenvalue weighted by Gasteiger charge is -2.22. The Morgan fingerprint density at radius 1 is 1.29 bits per heavy atom. The van der Waals surface area contributed by atoms with E-state index in [4.69, 9.17) is 11.6 Å². The fraction of sp³-hybridized carbons (Fsp3) is 0.583. The van der Waals surface area contributed by atoms with Crippen molar-refractivity contribution in [3.63, 3.8) is 0 Å². The SMILES string of the molecule is CC(=O)N1CCCN(c2nc(Cl)nc(C)c2[N+](=O)[O-])CC1. The smallest absolute Gasteiger partial charge is 0.332 e. The Bertz CT molecular complexity index is 580. The fourth-order valence-electron chi connectivity index (χ4n) is 2.40. The molecule has 114 valence electrons. The van der Waals surface area contributed by atoms with Crippen molar-refractivity contribution in [3.8, 4) is 0 Å². The molecule has 0 bridgehead atoms. The lowest BCUT2D eigenvalue weighted by Crippen LogP contribution is -2.34.